The predicted octanol–water partition coefficient (Wildman–Crippen LogP) is 2.76. The lowest BCUT2D eigenvalue weighted by Gasteiger charge is -2.39. The van der Waals surface area contributed by atoms with Crippen LogP contribution in [0.3, 0.4) is 0 Å². The molecule has 0 amide bonds. The second-order valence-corrected chi connectivity index (χ2v) is 6.32. The van der Waals surface area contributed by atoms with Crippen LogP contribution in [-0.2, 0) is 4.74 Å². The fourth-order valence-electron chi connectivity index (χ4n) is 3.34. The van der Waals surface area contributed by atoms with E-state index in [2.05, 4.69) is 38.0 Å². The van der Waals surface area contributed by atoms with E-state index in [1.165, 1.54) is 32.2 Å². The normalized spacial score (nSPS) is 29.7. The molecule has 0 aromatic heterocycles. The van der Waals surface area contributed by atoms with Crippen LogP contribution < -0.4 is 5.32 Å². The van der Waals surface area contributed by atoms with E-state index in [9.17, 15) is 0 Å². The Hall–Kier alpha value is -0.120. The molecule has 0 radical (unpaired) electrons. The van der Waals surface area contributed by atoms with Crippen molar-refractivity contribution in [2.24, 2.45) is 11.8 Å². The van der Waals surface area contributed by atoms with E-state index in [4.69, 9.17) is 4.74 Å². The van der Waals surface area contributed by atoms with Gasteiger partial charge in [-0.3, -0.25) is 4.90 Å². The molecule has 3 nitrogen and oxygen atoms in total. The summed E-state index contributed by atoms with van der Waals surface area (Å²) in [6.45, 7) is 10.2. The summed E-state index contributed by atoms with van der Waals surface area (Å²) in [6.07, 6.45) is 5.30. The van der Waals surface area contributed by atoms with Crippen LogP contribution in [0, 0.1) is 11.8 Å². The van der Waals surface area contributed by atoms with E-state index in [1.54, 1.807) is 7.11 Å². The quantitative estimate of drug-likeness (QED) is 0.734. The van der Waals surface area contributed by atoms with E-state index in [-0.39, 0.29) is 0 Å². The number of nitrogens with one attached hydrogen (secondary N) is 1. The molecule has 4 unspecified atom stereocenters. The second-order valence-electron chi connectivity index (χ2n) is 6.32. The minimum atomic E-state index is 0.657. The first-order valence-corrected chi connectivity index (χ1v) is 8.02. The number of hydrogen-bond donors (Lipinski definition) is 1. The van der Waals surface area contributed by atoms with Gasteiger partial charge in [0.15, 0.2) is 0 Å². The van der Waals surface area contributed by atoms with Crippen LogP contribution in [0.4, 0.5) is 0 Å². The minimum absolute atomic E-state index is 0.657. The van der Waals surface area contributed by atoms with Crippen molar-refractivity contribution in [3.8, 4) is 0 Å². The van der Waals surface area contributed by atoms with Gasteiger partial charge in [0.2, 0.25) is 0 Å². The minimum Gasteiger partial charge on any atom is -0.383 e. The molecule has 0 heterocycles. The van der Waals surface area contributed by atoms with E-state index in [1.807, 2.05) is 0 Å². The summed E-state index contributed by atoms with van der Waals surface area (Å²) < 4.78 is 5.27. The Morgan fingerprint density at radius 3 is 2.68 bits per heavy atom. The topological polar surface area (TPSA) is 24.5 Å². The Kier molecular flexibility index (Phi) is 7.96. The van der Waals surface area contributed by atoms with Gasteiger partial charge in [-0.15, -0.1) is 0 Å². The van der Waals surface area contributed by atoms with Crippen molar-refractivity contribution >= 4 is 0 Å². The fourth-order valence-corrected chi connectivity index (χ4v) is 3.34. The summed E-state index contributed by atoms with van der Waals surface area (Å²) >= 11 is 0. The first-order chi connectivity index (χ1) is 9.12. The first-order valence-electron chi connectivity index (χ1n) is 8.02. The van der Waals surface area contributed by atoms with E-state index < -0.39 is 0 Å². The fraction of sp³-hybridized carbons (Fsp3) is 1.00. The molecule has 1 N–H and O–H groups in total. The van der Waals surface area contributed by atoms with Crippen molar-refractivity contribution in [2.45, 2.75) is 58.5 Å². The van der Waals surface area contributed by atoms with E-state index >= 15 is 0 Å². The van der Waals surface area contributed by atoms with Crippen LogP contribution in [0.1, 0.15) is 46.5 Å². The van der Waals surface area contributed by atoms with Gasteiger partial charge in [-0.05, 0) is 51.5 Å². The lowest BCUT2D eigenvalue weighted by atomic mass is 9.78. The molecule has 1 saturated carbocycles. The van der Waals surface area contributed by atoms with Gasteiger partial charge < -0.3 is 10.1 Å². The van der Waals surface area contributed by atoms with E-state index in [0.29, 0.717) is 12.1 Å². The molecule has 19 heavy (non-hydrogen) atoms. The summed E-state index contributed by atoms with van der Waals surface area (Å²) in [5.74, 6) is 1.68. The zero-order chi connectivity index (χ0) is 14.3. The van der Waals surface area contributed by atoms with Gasteiger partial charge in [0.25, 0.3) is 0 Å². The Bertz CT molecular complexity index is 235. The highest BCUT2D eigenvalue weighted by atomic mass is 16.5. The standard InChI is InChI=1S/C16H34N2O/c1-6-14(3)18(9-10-19-5)12-15-11-13(2)7-8-16(15)17-4/h13-17H,6-12H2,1-5H3. The SMILES string of the molecule is CCC(C)N(CCOC)CC1CC(C)CCC1NC. The van der Waals surface area contributed by atoms with Crippen molar-refractivity contribution in [3.05, 3.63) is 0 Å². The van der Waals surface area contributed by atoms with Gasteiger partial charge in [0.05, 0.1) is 6.61 Å². The number of methoxy groups -OCH3 is 1. The van der Waals surface area contributed by atoms with Crippen LogP contribution in [0.5, 0.6) is 0 Å². The number of nitrogens with zero attached hydrogens (tertiary/aromatic N) is 1. The number of ether oxygens (including phenoxy) is 1. The van der Waals surface area contributed by atoms with Gasteiger partial charge in [0.1, 0.15) is 0 Å². The molecule has 114 valence electrons. The maximum absolute atomic E-state index is 5.27. The summed E-state index contributed by atoms with van der Waals surface area (Å²) in [5.41, 5.74) is 0. The van der Waals surface area contributed by atoms with Gasteiger partial charge in [-0.25, -0.2) is 0 Å². The highest BCUT2D eigenvalue weighted by Crippen LogP contribution is 2.30. The lowest BCUT2D eigenvalue weighted by molar-refractivity contribution is 0.0858. The number of hydrogen-bond acceptors (Lipinski definition) is 3. The number of rotatable bonds is 8. The molecule has 0 saturated heterocycles. The maximum atomic E-state index is 5.27. The molecule has 1 aliphatic carbocycles. The molecule has 3 heteroatoms. The van der Waals surface area contributed by atoms with Crippen LogP contribution >= 0.6 is 0 Å². The third kappa shape index (κ3) is 5.41. The van der Waals surface area contributed by atoms with Crippen LogP contribution in [0.15, 0.2) is 0 Å². The van der Waals surface area contributed by atoms with Crippen molar-refractivity contribution in [3.63, 3.8) is 0 Å². The molecular formula is C16H34N2O. The molecule has 0 aromatic carbocycles. The molecule has 0 bridgehead atoms. The first kappa shape index (κ1) is 16.9. The van der Waals surface area contributed by atoms with Gasteiger partial charge in [0, 0.05) is 32.3 Å². The molecule has 0 spiro atoms. The third-order valence-electron chi connectivity index (χ3n) is 4.88. The van der Waals surface area contributed by atoms with Gasteiger partial charge in [-0.2, -0.15) is 0 Å². The second kappa shape index (κ2) is 8.93. The molecule has 1 fully saturated rings. The summed E-state index contributed by atoms with van der Waals surface area (Å²) in [7, 11) is 3.92. The Balaban J connectivity index is 2.58. The van der Waals surface area contributed by atoms with Crippen LogP contribution in [0.25, 0.3) is 0 Å². The average Bonchev–Trinajstić information content (AvgIpc) is 2.42. The lowest BCUT2D eigenvalue weighted by Crippen LogP contribution is -2.47. The van der Waals surface area contributed by atoms with Crippen LogP contribution in [0.2, 0.25) is 0 Å². The Morgan fingerprint density at radius 1 is 1.37 bits per heavy atom. The van der Waals surface area contributed by atoms with Crippen molar-refractivity contribution in [1.29, 1.82) is 0 Å². The molecule has 0 aliphatic heterocycles. The van der Waals surface area contributed by atoms with Crippen molar-refractivity contribution < 1.29 is 4.74 Å². The zero-order valence-corrected chi connectivity index (χ0v) is 13.6. The zero-order valence-electron chi connectivity index (χ0n) is 13.6. The van der Waals surface area contributed by atoms with Crippen molar-refractivity contribution in [1.82, 2.24) is 10.2 Å². The summed E-state index contributed by atoms with van der Waals surface area (Å²) in [4.78, 5) is 2.62. The Labute approximate surface area is 120 Å². The smallest absolute Gasteiger partial charge is 0.0589 e. The molecule has 1 rings (SSSR count). The highest BCUT2D eigenvalue weighted by Gasteiger charge is 2.29. The predicted molar refractivity (Wildman–Crippen MR) is 82.6 cm³/mol. The summed E-state index contributed by atoms with van der Waals surface area (Å²) in [5, 5.41) is 3.54. The largest absolute Gasteiger partial charge is 0.383 e. The summed E-state index contributed by atoms with van der Waals surface area (Å²) in [6, 6.07) is 1.36. The van der Waals surface area contributed by atoms with Gasteiger partial charge in [-0.1, -0.05) is 13.8 Å². The molecular weight excluding hydrogens is 236 g/mol. The molecule has 0 aromatic rings. The Morgan fingerprint density at radius 2 is 2.11 bits per heavy atom. The van der Waals surface area contributed by atoms with Crippen molar-refractivity contribution in [2.75, 3.05) is 33.9 Å². The van der Waals surface area contributed by atoms with E-state index in [0.717, 1.165) is 25.0 Å². The third-order valence-corrected chi connectivity index (χ3v) is 4.88. The van der Waals surface area contributed by atoms with Gasteiger partial charge >= 0.3 is 0 Å². The maximum Gasteiger partial charge on any atom is 0.0589 e. The van der Waals surface area contributed by atoms with Crippen LogP contribution in [-0.4, -0.2) is 50.8 Å². The molecule has 4 atom stereocenters. The highest BCUT2D eigenvalue weighted by molar-refractivity contribution is 4.85. The monoisotopic (exact) mass is 270 g/mol. The average molecular weight is 270 g/mol. The molecule has 1 aliphatic rings.